The quantitative estimate of drug-likeness (QED) is 0.129. The number of hydrogen-bond acceptors (Lipinski definition) is 7. The first-order valence-electron chi connectivity index (χ1n) is 18.5. The van der Waals surface area contributed by atoms with E-state index in [1.165, 1.54) is 6.42 Å². The zero-order valence-corrected chi connectivity index (χ0v) is 33.2. The number of ether oxygens (including phenoxy) is 1. The zero-order chi connectivity index (χ0) is 35.4. The summed E-state index contributed by atoms with van der Waals surface area (Å²) in [5, 5.41) is 30.9. The Morgan fingerprint density at radius 3 is 2.32 bits per heavy atom. The minimum absolute atomic E-state index is 0. The standard InChI is InChI=1S/C38H59N3O7S.HI/c1-4-6-19-33(39-37(44)31(27-49(46,47)5-2)25-30-17-12-16-29-15-10-11-18-32(29)30)38(45)40-34(24-28-13-8-7-9-14-28)36(43)35(42)26-41(3)20-22-48-23-21-41;/h10-12,15-18,28,31,33-36,42-43H,4-9,13-14,19-27H2,1-3H3,(H-,39,40,44,45);1H/t31-,33+,34+,35+,36-;/m1./s1. The van der Waals surface area contributed by atoms with E-state index in [0.29, 0.717) is 49.4 Å². The van der Waals surface area contributed by atoms with Gasteiger partial charge in [0, 0.05) is 5.75 Å². The number of benzene rings is 2. The third-order valence-corrected chi connectivity index (χ3v) is 12.5. The molecule has 2 aliphatic rings. The van der Waals surface area contributed by atoms with Crippen molar-refractivity contribution in [2.24, 2.45) is 11.8 Å². The summed E-state index contributed by atoms with van der Waals surface area (Å²) in [6.07, 6.45) is 5.79. The van der Waals surface area contributed by atoms with Crippen molar-refractivity contribution in [1.82, 2.24) is 10.6 Å². The third-order valence-electron chi connectivity index (χ3n) is 10.7. The first-order valence-corrected chi connectivity index (χ1v) is 20.3. The molecule has 2 aromatic rings. The van der Waals surface area contributed by atoms with Crippen molar-refractivity contribution < 1.29 is 61.4 Å². The van der Waals surface area contributed by atoms with Crippen LogP contribution in [0.15, 0.2) is 42.5 Å². The smallest absolute Gasteiger partial charge is 0.242 e. The largest absolute Gasteiger partial charge is 1.00 e. The number of carbonyl (C=O) groups is 2. The molecule has 2 aromatic carbocycles. The monoisotopic (exact) mass is 829 g/mol. The summed E-state index contributed by atoms with van der Waals surface area (Å²) in [7, 11) is -1.46. The van der Waals surface area contributed by atoms with Gasteiger partial charge in [-0.25, -0.2) is 8.42 Å². The van der Waals surface area contributed by atoms with Gasteiger partial charge in [-0.1, -0.05) is 101 Å². The van der Waals surface area contributed by atoms with Crippen LogP contribution in [0.3, 0.4) is 0 Å². The van der Waals surface area contributed by atoms with Crippen molar-refractivity contribution in [3.05, 3.63) is 48.0 Å². The van der Waals surface area contributed by atoms with Crippen molar-refractivity contribution in [3.8, 4) is 0 Å². The molecule has 5 atom stereocenters. The number of sulfone groups is 1. The number of likely N-dealkylation sites (N-methyl/N-ethyl adjacent to an activating group) is 1. The number of quaternary nitrogens is 1. The predicted molar refractivity (Wildman–Crippen MR) is 194 cm³/mol. The second-order valence-electron chi connectivity index (χ2n) is 14.7. The van der Waals surface area contributed by atoms with Crippen molar-refractivity contribution in [3.63, 3.8) is 0 Å². The fourth-order valence-electron chi connectivity index (χ4n) is 7.50. The Morgan fingerprint density at radius 1 is 0.960 bits per heavy atom. The number of rotatable bonds is 18. The van der Waals surface area contributed by atoms with Gasteiger partial charge < -0.3 is 54.0 Å². The summed E-state index contributed by atoms with van der Waals surface area (Å²) >= 11 is 0. The van der Waals surface area contributed by atoms with E-state index in [-0.39, 0.29) is 41.9 Å². The van der Waals surface area contributed by atoms with E-state index in [0.717, 1.165) is 61.5 Å². The Hall–Kier alpha value is -1.84. The lowest BCUT2D eigenvalue weighted by molar-refractivity contribution is -0.920. The minimum atomic E-state index is -3.52. The van der Waals surface area contributed by atoms with E-state index < -0.39 is 51.9 Å². The van der Waals surface area contributed by atoms with Gasteiger partial charge in [0.2, 0.25) is 11.8 Å². The average molecular weight is 830 g/mol. The second kappa shape index (κ2) is 20.4. The van der Waals surface area contributed by atoms with Crippen LogP contribution in [0.25, 0.3) is 10.8 Å². The van der Waals surface area contributed by atoms with Crippen LogP contribution < -0.4 is 34.6 Å². The average Bonchev–Trinajstić information content (AvgIpc) is 3.09. The number of carbonyl (C=O) groups excluding carboxylic acids is 2. The lowest BCUT2D eigenvalue weighted by Crippen LogP contribution is -3.00. The van der Waals surface area contributed by atoms with Crippen molar-refractivity contribution in [2.45, 2.75) is 102 Å². The van der Waals surface area contributed by atoms with Crippen LogP contribution in [0.2, 0.25) is 0 Å². The molecular weight excluding hydrogens is 769 g/mol. The Balaban J connectivity index is 0.00000676. The molecule has 1 aliphatic carbocycles. The van der Waals surface area contributed by atoms with Crippen LogP contribution in [0, 0.1) is 11.8 Å². The second-order valence-corrected chi connectivity index (χ2v) is 17.1. The van der Waals surface area contributed by atoms with Gasteiger partial charge >= 0.3 is 0 Å². The maximum atomic E-state index is 14.1. The first-order chi connectivity index (χ1) is 23.4. The van der Waals surface area contributed by atoms with E-state index in [2.05, 4.69) is 17.7 Å². The summed E-state index contributed by atoms with van der Waals surface area (Å²) in [6, 6.07) is 12.0. The highest BCUT2D eigenvalue weighted by molar-refractivity contribution is 7.91. The lowest BCUT2D eigenvalue weighted by Gasteiger charge is -2.41. The van der Waals surface area contributed by atoms with Gasteiger partial charge in [-0.15, -0.1) is 0 Å². The van der Waals surface area contributed by atoms with Crippen LogP contribution in [0.1, 0.15) is 77.2 Å². The topological polar surface area (TPSA) is 142 Å². The number of unbranched alkanes of at least 4 members (excludes halogenated alkanes) is 1. The summed E-state index contributed by atoms with van der Waals surface area (Å²) in [5.41, 5.74) is 0.875. The molecule has 0 bridgehead atoms. The highest BCUT2D eigenvalue weighted by Crippen LogP contribution is 2.29. The van der Waals surface area contributed by atoms with Crippen molar-refractivity contribution in [2.75, 3.05) is 51.4 Å². The summed E-state index contributed by atoms with van der Waals surface area (Å²) in [5.74, 6) is -1.87. The Morgan fingerprint density at radius 2 is 1.64 bits per heavy atom. The number of nitrogens with one attached hydrogen (secondary N) is 2. The number of morpholine rings is 1. The lowest BCUT2D eigenvalue weighted by atomic mass is 9.83. The molecule has 1 aliphatic heterocycles. The molecule has 1 saturated carbocycles. The number of amides is 2. The van der Waals surface area contributed by atoms with Crippen molar-refractivity contribution in [1.29, 1.82) is 0 Å². The Bertz CT molecular complexity index is 1460. The van der Waals surface area contributed by atoms with Gasteiger partial charge in [0.05, 0.1) is 38.0 Å². The summed E-state index contributed by atoms with van der Waals surface area (Å²) < 4.78 is 31.9. The molecule has 1 heterocycles. The van der Waals surface area contributed by atoms with Crippen LogP contribution in [-0.4, -0.2) is 111 Å². The summed E-state index contributed by atoms with van der Waals surface area (Å²) in [4.78, 5) is 28.1. The molecule has 0 unspecified atom stereocenters. The van der Waals surface area contributed by atoms with Gasteiger partial charge in [-0.2, -0.15) is 0 Å². The van der Waals surface area contributed by atoms with Crippen molar-refractivity contribution >= 4 is 32.4 Å². The normalized spacial score (nSPS) is 19.8. The molecule has 1 saturated heterocycles. The highest BCUT2D eigenvalue weighted by atomic mass is 127. The molecule has 4 rings (SSSR count). The van der Waals surface area contributed by atoms with Gasteiger partial charge in [0.25, 0.3) is 0 Å². The van der Waals surface area contributed by atoms with E-state index in [1.54, 1.807) is 6.92 Å². The SMILES string of the molecule is CCCC[C@H](NC(=O)[C@H](Cc1cccc2ccccc12)CS(=O)(=O)CC)C(=O)N[C@@H](CC1CCCCC1)[C@@H](O)[C@@H](O)C[N+]1(C)CCOCC1.[I-]. The predicted octanol–water partition coefficient (Wildman–Crippen LogP) is 0.766. The van der Waals surface area contributed by atoms with Crippen LogP contribution in [0.4, 0.5) is 0 Å². The van der Waals surface area contributed by atoms with Gasteiger partial charge in [-0.3, -0.25) is 9.59 Å². The molecule has 12 heteroatoms. The van der Waals surface area contributed by atoms with Crippen LogP contribution in [-0.2, 0) is 30.6 Å². The molecule has 0 spiro atoms. The molecule has 0 radical (unpaired) electrons. The summed E-state index contributed by atoms with van der Waals surface area (Å²) in [6.45, 7) is 6.61. The van der Waals surface area contributed by atoms with E-state index >= 15 is 0 Å². The third kappa shape index (κ3) is 12.7. The minimum Gasteiger partial charge on any atom is -1.00 e. The van der Waals surface area contributed by atoms with Gasteiger partial charge in [0.15, 0.2) is 9.84 Å². The molecule has 2 amide bonds. The number of aliphatic hydroxyl groups excluding tert-OH is 2. The molecule has 4 N–H and O–H groups in total. The number of nitrogens with zero attached hydrogens (tertiary/aromatic N) is 1. The molecular formula is C38H60IN3O7S. The Kier molecular flexibility index (Phi) is 17.4. The van der Waals surface area contributed by atoms with E-state index in [1.807, 2.05) is 49.4 Å². The van der Waals surface area contributed by atoms with E-state index in [4.69, 9.17) is 4.74 Å². The first kappa shape index (κ1) is 42.6. The number of fused-ring (bicyclic) bond motifs is 1. The number of hydrogen-bond donors (Lipinski definition) is 4. The van der Waals surface area contributed by atoms with Crippen LogP contribution >= 0.6 is 0 Å². The van der Waals surface area contributed by atoms with E-state index in [9.17, 15) is 28.2 Å². The molecule has 0 aromatic heterocycles. The fourth-order valence-corrected chi connectivity index (χ4v) is 8.62. The molecule has 50 heavy (non-hydrogen) atoms. The fraction of sp³-hybridized carbons (Fsp3) is 0.684. The van der Waals surface area contributed by atoms with Crippen LogP contribution in [0.5, 0.6) is 0 Å². The maximum Gasteiger partial charge on any atom is 0.242 e. The Labute approximate surface area is 316 Å². The molecule has 10 nitrogen and oxygen atoms in total. The van der Waals surface area contributed by atoms with Gasteiger partial charge in [0.1, 0.15) is 37.9 Å². The maximum absolute atomic E-state index is 14.1. The zero-order valence-electron chi connectivity index (χ0n) is 30.2. The number of halogens is 1. The van der Waals surface area contributed by atoms with Gasteiger partial charge in [-0.05, 0) is 41.5 Å². The molecule has 282 valence electrons. The highest BCUT2D eigenvalue weighted by Gasteiger charge is 2.38. The molecule has 2 fully saturated rings. The number of aliphatic hydroxyl groups is 2.